The molecule has 0 spiro atoms. The van der Waals surface area contributed by atoms with Crippen LogP contribution in [0.15, 0.2) is 0 Å². The van der Waals surface area contributed by atoms with E-state index < -0.39 is 84.4 Å². The molecule has 0 heterocycles. The fourth-order valence-electron chi connectivity index (χ4n) is 2.48. The second-order valence-corrected chi connectivity index (χ2v) is 7.63. The van der Waals surface area contributed by atoms with E-state index in [-0.39, 0.29) is 6.92 Å². The van der Waals surface area contributed by atoms with Gasteiger partial charge in [-0.1, -0.05) is 6.92 Å². The number of hydrogen-bond donors (Lipinski definition) is 0. The lowest BCUT2D eigenvalue weighted by Crippen LogP contribution is -2.77. The number of ether oxygens (including phenoxy) is 1. The van der Waals surface area contributed by atoms with Crippen LogP contribution in [0.2, 0.25) is 0 Å². The predicted octanol–water partition coefficient (Wildman–Crippen LogP) is 7.86. The highest BCUT2D eigenvalue weighted by Crippen LogP contribution is 2.66. The summed E-state index contributed by atoms with van der Waals surface area (Å²) in [7, 11) is 0. The summed E-state index contributed by atoms with van der Waals surface area (Å²) in [6.07, 6.45) is -10.1. The van der Waals surface area contributed by atoms with E-state index >= 15 is 0 Å². The van der Waals surface area contributed by atoms with Gasteiger partial charge in [0.05, 0.1) is 13.0 Å². The van der Waals surface area contributed by atoms with Gasteiger partial charge in [0.1, 0.15) is 0 Å². The Morgan fingerprint density at radius 1 is 0.513 bits per heavy atom. The molecule has 0 aliphatic rings. The second-order valence-electron chi connectivity index (χ2n) is 7.63. The average Bonchev–Trinajstić information content (AvgIpc) is 2.71. The molecule has 0 aromatic rings. The summed E-state index contributed by atoms with van der Waals surface area (Å²) in [5.41, 5.74) is 0. The molecule has 0 bridgehead atoms. The molecule has 0 aliphatic heterocycles. The summed E-state index contributed by atoms with van der Waals surface area (Å²) in [6.45, 7) is -0.0643. The first-order valence-corrected chi connectivity index (χ1v) is 9.25. The van der Waals surface area contributed by atoms with Crippen LogP contribution in [0.25, 0.3) is 0 Å². The number of hydrogen-bond acceptors (Lipinski definition) is 2. The molecule has 1 atom stereocenters. The van der Waals surface area contributed by atoms with Crippen molar-refractivity contribution >= 4 is 5.97 Å². The minimum Gasteiger partial charge on any atom is -0.466 e. The quantitative estimate of drug-likeness (QED) is 0.162. The molecule has 23 heteroatoms. The minimum absolute atomic E-state index is 0.320. The van der Waals surface area contributed by atoms with Crippen LogP contribution in [0.4, 0.5) is 92.2 Å². The van der Waals surface area contributed by atoms with Crippen molar-refractivity contribution in [2.75, 3.05) is 6.61 Å². The summed E-state index contributed by atoms with van der Waals surface area (Å²) in [4.78, 5) is 11.1. The Labute approximate surface area is 201 Å². The zero-order valence-electron chi connectivity index (χ0n) is 18.2. The summed E-state index contributed by atoms with van der Waals surface area (Å²) < 4.78 is 283. The SMILES string of the molecule is CCOC(=O)CC(C)C(F)(F)C(F)(F)C(F)(F)C(F)(F)C(F)(F)C(F)(F)C(F)(F)C(F)(F)C(F)(F)C(F)(F)F. The maximum absolute atomic E-state index is 13.9. The van der Waals surface area contributed by atoms with Crippen LogP contribution in [0, 0.1) is 5.92 Å². The van der Waals surface area contributed by atoms with Gasteiger partial charge in [-0.25, -0.2) is 0 Å². The second kappa shape index (κ2) is 9.82. The largest absolute Gasteiger partial charge is 0.466 e. The third-order valence-corrected chi connectivity index (χ3v) is 4.93. The first-order chi connectivity index (χ1) is 16.6. The number of esters is 1. The van der Waals surface area contributed by atoms with Gasteiger partial charge in [0.15, 0.2) is 0 Å². The highest BCUT2D eigenvalue weighted by atomic mass is 19.4. The Bertz CT molecular complexity index is 887. The van der Waals surface area contributed by atoms with Crippen molar-refractivity contribution in [2.45, 2.75) is 79.7 Å². The molecule has 0 rings (SSSR count). The van der Waals surface area contributed by atoms with Gasteiger partial charge in [-0.15, -0.1) is 0 Å². The van der Waals surface area contributed by atoms with Gasteiger partial charge in [0.2, 0.25) is 0 Å². The smallest absolute Gasteiger partial charge is 0.460 e. The normalized spacial score (nSPS) is 16.8. The van der Waals surface area contributed by atoms with E-state index in [1.807, 2.05) is 0 Å². The lowest BCUT2D eigenvalue weighted by molar-refractivity contribution is -0.475. The summed E-state index contributed by atoms with van der Waals surface area (Å²) in [5.74, 6) is -83.1. The molecule has 0 aromatic heterocycles. The number of halogens is 21. The van der Waals surface area contributed by atoms with Gasteiger partial charge < -0.3 is 4.74 Å². The molecule has 2 nitrogen and oxygen atoms in total. The van der Waals surface area contributed by atoms with Gasteiger partial charge in [-0.05, 0) is 6.92 Å². The van der Waals surface area contributed by atoms with Crippen molar-refractivity contribution in [2.24, 2.45) is 5.92 Å². The predicted molar refractivity (Wildman–Crippen MR) is 81.0 cm³/mol. The van der Waals surface area contributed by atoms with Crippen LogP contribution >= 0.6 is 0 Å². The molecule has 234 valence electrons. The maximum atomic E-state index is 13.9. The molecular formula is C16H11F21O2. The molecule has 0 N–H and O–H groups in total. The molecule has 0 aliphatic carbocycles. The number of carbonyl (C=O) groups excluding carboxylic acids is 1. The molecule has 0 saturated carbocycles. The van der Waals surface area contributed by atoms with Crippen molar-refractivity contribution in [1.29, 1.82) is 0 Å². The first kappa shape index (κ1) is 37.0. The van der Waals surface area contributed by atoms with Gasteiger partial charge in [0, 0.05) is 5.92 Å². The fourth-order valence-corrected chi connectivity index (χ4v) is 2.48. The third-order valence-electron chi connectivity index (χ3n) is 4.93. The zero-order chi connectivity index (χ0) is 32.3. The molecular weight excluding hydrogens is 623 g/mol. The Hall–Kier alpha value is -2.00. The molecule has 1 unspecified atom stereocenters. The Morgan fingerprint density at radius 3 is 1.03 bits per heavy atom. The topological polar surface area (TPSA) is 26.3 Å². The highest BCUT2D eigenvalue weighted by Gasteiger charge is 2.97. The van der Waals surface area contributed by atoms with Crippen molar-refractivity contribution in [3.63, 3.8) is 0 Å². The molecule has 39 heavy (non-hydrogen) atoms. The Kier molecular flexibility index (Phi) is 9.32. The molecule has 0 radical (unpaired) electrons. The van der Waals surface area contributed by atoms with Crippen LogP contribution in [0.1, 0.15) is 20.3 Å². The van der Waals surface area contributed by atoms with E-state index in [0.717, 1.165) is 6.92 Å². The number of alkyl halides is 21. The van der Waals surface area contributed by atoms with E-state index in [4.69, 9.17) is 0 Å². The van der Waals surface area contributed by atoms with Crippen LogP contribution in [0.5, 0.6) is 0 Å². The molecule has 0 saturated heterocycles. The van der Waals surface area contributed by atoms with E-state index in [1.165, 1.54) is 0 Å². The van der Waals surface area contributed by atoms with Crippen LogP contribution in [-0.4, -0.2) is 72.1 Å². The van der Waals surface area contributed by atoms with E-state index in [1.54, 1.807) is 0 Å². The molecule has 0 fully saturated rings. The summed E-state index contributed by atoms with van der Waals surface area (Å²) >= 11 is 0. The van der Waals surface area contributed by atoms with Crippen LogP contribution in [-0.2, 0) is 9.53 Å². The van der Waals surface area contributed by atoms with Crippen LogP contribution < -0.4 is 0 Å². The Balaban J connectivity index is 6.99. The fraction of sp³-hybridized carbons (Fsp3) is 0.938. The highest BCUT2D eigenvalue weighted by molar-refractivity contribution is 5.69. The van der Waals surface area contributed by atoms with E-state index in [0.29, 0.717) is 0 Å². The van der Waals surface area contributed by atoms with Gasteiger partial charge in [-0.2, -0.15) is 92.2 Å². The zero-order valence-corrected chi connectivity index (χ0v) is 18.2. The first-order valence-electron chi connectivity index (χ1n) is 9.25. The van der Waals surface area contributed by atoms with Crippen LogP contribution in [0.3, 0.4) is 0 Å². The van der Waals surface area contributed by atoms with Gasteiger partial charge in [-0.3, -0.25) is 4.79 Å². The molecule has 0 amide bonds. The van der Waals surface area contributed by atoms with Crippen molar-refractivity contribution in [3.05, 3.63) is 0 Å². The Morgan fingerprint density at radius 2 is 0.769 bits per heavy atom. The van der Waals surface area contributed by atoms with Gasteiger partial charge >= 0.3 is 65.4 Å². The van der Waals surface area contributed by atoms with E-state index in [9.17, 15) is 97.0 Å². The molecule has 0 aromatic carbocycles. The summed E-state index contributed by atoms with van der Waals surface area (Å²) in [6, 6.07) is 0. The average molecular weight is 634 g/mol. The van der Waals surface area contributed by atoms with Crippen molar-refractivity contribution < 1.29 is 102 Å². The van der Waals surface area contributed by atoms with Crippen molar-refractivity contribution in [3.8, 4) is 0 Å². The number of carbonyl (C=O) groups is 1. The lowest BCUT2D eigenvalue weighted by Gasteiger charge is -2.45. The minimum atomic E-state index is -9.22. The summed E-state index contributed by atoms with van der Waals surface area (Å²) in [5, 5.41) is 0. The van der Waals surface area contributed by atoms with Gasteiger partial charge in [0.25, 0.3) is 0 Å². The third kappa shape index (κ3) is 4.92. The standard InChI is InChI=1S/C16H11F21O2/c1-3-39-6(38)4-5(2)7(17,18)8(19,20)9(21,22)10(23,24)11(25,26)12(27,28)13(29,30)14(31,32)15(33,34)16(35,36)37/h5H,3-4H2,1-2H3. The monoisotopic (exact) mass is 634 g/mol. The van der Waals surface area contributed by atoms with Crippen molar-refractivity contribution in [1.82, 2.24) is 0 Å². The maximum Gasteiger partial charge on any atom is 0.460 e. The van der Waals surface area contributed by atoms with E-state index in [2.05, 4.69) is 4.74 Å². The lowest BCUT2D eigenvalue weighted by atomic mass is 9.83. The number of rotatable bonds is 12.